The smallest absolute Gasteiger partial charge is 0.326 e. The maximum atomic E-state index is 13.1. The van der Waals surface area contributed by atoms with E-state index in [2.05, 4.69) is 16.0 Å². The number of hydrogen-bond acceptors (Lipinski definition) is 8. The van der Waals surface area contributed by atoms with Crippen molar-refractivity contribution in [1.82, 2.24) is 16.0 Å². The van der Waals surface area contributed by atoms with Crippen LogP contribution in [0.3, 0.4) is 0 Å². The standard InChI is InChI=1S/C24H37N5O8/c1-13(2)20(29-21(33)16(26)12-19(31)32)23(35)28-18(11-14-6-8-15(30)9-7-14)22(34)27-17(24(36)37)5-3-4-10-25/h6-9,13,16-18,20,30H,3-5,10-12,25-26H2,1-2H3,(H,27,34)(H,28,35)(H,29,33)(H,31,32)(H,36,37). The van der Waals surface area contributed by atoms with Gasteiger partial charge in [-0.15, -0.1) is 0 Å². The minimum absolute atomic E-state index is 0.0000779. The number of carboxylic acids is 2. The van der Waals surface area contributed by atoms with Crippen molar-refractivity contribution in [2.75, 3.05) is 6.54 Å². The van der Waals surface area contributed by atoms with Crippen molar-refractivity contribution in [1.29, 1.82) is 0 Å². The molecule has 0 bridgehead atoms. The van der Waals surface area contributed by atoms with Crippen LogP contribution in [0.5, 0.6) is 5.75 Å². The van der Waals surface area contributed by atoms with Crippen LogP contribution in [-0.2, 0) is 30.4 Å². The van der Waals surface area contributed by atoms with Crippen LogP contribution < -0.4 is 27.4 Å². The lowest BCUT2D eigenvalue weighted by molar-refractivity contribution is -0.142. The maximum Gasteiger partial charge on any atom is 0.326 e. The zero-order valence-corrected chi connectivity index (χ0v) is 21.0. The van der Waals surface area contributed by atoms with Gasteiger partial charge in [-0.05, 0) is 49.4 Å². The number of amides is 3. The molecule has 0 aromatic heterocycles. The maximum absolute atomic E-state index is 13.1. The van der Waals surface area contributed by atoms with Crippen LogP contribution in [-0.4, -0.2) is 75.7 Å². The molecule has 0 saturated heterocycles. The van der Waals surface area contributed by atoms with Crippen LogP contribution in [0.25, 0.3) is 0 Å². The van der Waals surface area contributed by atoms with E-state index in [9.17, 15) is 34.2 Å². The topological polar surface area (TPSA) is 234 Å². The van der Waals surface area contributed by atoms with Crippen LogP contribution in [0.4, 0.5) is 0 Å². The lowest BCUT2D eigenvalue weighted by atomic mass is 10.00. The number of nitrogens with one attached hydrogen (secondary N) is 3. The first-order valence-electron chi connectivity index (χ1n) is 11.9. The number of carboxylic acid groups (broad SMARTS) is 2. The van der Waals surface area contributed by atoms with E-state index in [1.54, 1.807) is 26.0 Å². The third-order valence-corrected chi connectivity index (χ3v) is 5.55. The number of nitrogens with two attached hydrogens (primary N) is 2. The zero-order chi connectivity index (χ0) is 28.1. The molecule has 1 aromatic carbocycles. The number of aliphatic carboxylic acids is 2. The molecule has 0 spiro atoms. The average molecular weight is 524 g/mol. The number of phenolic OH excluding ortho intramolecular Hbond substituents is 1. The van der Waals surface area contributed by atoms with Crippen LogP contribution in [0.15, 0.2) is 24.3 Å². The number of unbranched alkanes of at least 4 members (excludes halogenated alkanes) is 1. The number of rotatable bonds is 16. The molecule has 1 aromatic rings. The van der Waals surface area contributed by atoms with E-state index in [1.165, 1.54) is 12.1 Å². The summed E-state index contributed by atoms with van der Waals surface area (Å²) in [5.74, 6) is -5.31. The number of phenols is 1. The van der Waals surface area contributed by atoms with Gasteiger partial charge < -0.3 is 42.7 Å². The second kappa shape index (κ2) is 15.4. The first-order valence-corrected chi connectivity index (χ1v) is 11.9. The zero-order valence-electron chi connectivity index (χ0n) is 21.0. The van der Waals surface area contributed by atoms with Gasteiger partial charge >= 0.3 is 11.9 Å². The molecular formula is C24H37N5O8. The molecule has 0 aliphatic heterocycles. The fraction of sp³-hybridized carbons (Fsp3) is 0.542. The summed E-state index contributed by atoms with van der Waals surface area (Å²) in [6, 6.07) is 0.941. The van der Waals surface area contributed by atoms with Gasteiger partial charge in [0.25, 0.3) is 0 Å². The first-order chi connectivity index (χ1) is 17.3. The predicted octanol–water partition coefficient (Wildman–Crippen LogP) is -0.939. The van der Waals surface area contributed by atoms with Crippen LogP contribution in [0, 0.1) is 5.92 Å². The van der Waals surface area contributed by atoms with Crippen molar-refractivity contribution >= 4 is 29.7 Å². The van der Waals surface area contributed by atoms with E-state index in [-0.39, 0.29) is 18.6 Å². The fourth-order valence-corrected chi connectivity index (χ4v) is 3.44. The minimum Gasteiger partial charge on any atom is -0.508 e. The van der Waals surface area contributed by atoms with E-state index in [1.807, 2.05) is 0 Å². The van der Waals surface area contributed by atoms with Gasteiger partial charge in [-0.1, -0.05) is 26.0 Å². The molecule has 37 heavy (non-hydrogen) atoms. The molecule has 13 nitrogen and oxygen atoms in total. The molecule has 4 atom stereocenters. The van der Waals surface area contributed by atoms with E-state index in [4.69, 9.17) is 16.6 Å². The molecule has 4 unspecified atom stereocenters. The lowest BCUT2D eigenvalue weighted by Gasteiger charge is -2.27. The molecule has 1 rings (SSSR count). The van der Waals surface area contributed by atoms with Gasteiger partial charge in [0.2, 0.25) is 17.7 Å². The molecule has 0 saturated carbocycles. The van der Waals surface area contributed by atoms with Gasteiger partial charge in [-0.2, -0.15) is 0 Å². The predicted molar refractivity (Wildman–Crippen MR) is 133 cm³/mol. The summed E-state index contributed by atoms with van der Waals surface area (Å²) < 4.78 is 0. The molecule has 10 N–H and O–H groups in total. The number of hydrogen-bond donors (Lipinski definition) is 8. The van der Waals surface area contributed by atoms with Crippen molar-refractivity contribution in [2.45, 2.75) is 70.1 Å². The Balaban J connectivity index is 3.10. The van der Waals surface area contributed by atoms with Crippen molar-refractivity contribution in [3.05, 3.63) is 29.8 Å². The quantitative estimate of drug-likeness (QED) is 0.124. The SMILES string of the molecule is CC(C)C(NC(=O)C(N)CC(=O)O)C(=O)NC(Cc1ccc(O)cc1)C(=O)NC(CCCCN)C(=O)O. The highest BCUT2D eigenvalue weighted by atomic mass is 16.4. The molecule has 0 fully saturated rings. The number of aromatic hydroxyl groups is 1. The normalized spacial score (nSPS) is 14.2. The van der Waals surface area contributed by atoms with Crippen molar-refractivity contribution in [3.8, 4) is 5.75 Å². The Hall–Kier alpha value is -3.71. The van der Waals surface area contributed by atoms with Gasteiger partial charge in [-0.25, -0.2) is 4.79 Å². The lowest BCUT2D eigenvalue weighted by Crippen LogP contribution is -2.59. The van der Waals surface area contributed by atoms with E-state index < -0.39 is 66.2 Å². The largest absolute Gasteiger partial charge is 0.508 e. The Kier molecular flexibility index (Phi) is 13.0. The Morgan fingerprint density at radius 3 is 1.97 bits per heavy atom. The Morgan fingerprint density at radius 2 is 1.46 bits per heavy atom. The Labute approximate surface area is 215 Å². The molecule has 0 aliphatic rings. The summed E-state index contributed by atoms with van der Waals surface area (Å²) in [4.78, 5) is 61.1. The summed E-state index contributed by atoms with van der Waals surface area (Å²) in [5.41, 5.74) is 11.6. The molecule has 13 heteroatoms. The third kappa shape index (κ3) is 11.3. The van der Waals surface area contributed by atoms with Crippen molar-refractivity contribution in [2.24, 2.45) is 17.4 Å². The second-order valence-electron chi connectivity index (χ2n) is 9.05. The summed E-state index contributed by atoms with van der Waals surface area (Å²) >= 11 is 0. The summed E-state index contributed by atoms with van der Waals surface area (Å²) in [6.45, 7) is 3.65. The van der Waals surface area contributed by atoms with Crippen LogP contribution in [0.1, 0.15) is 45.1 Å². The second-order valence-corrected chi connectivity index (χ2v) is 9.05. The van der Waals surface area contributed by atoms with Gasteiger partial charge in [-0.3, -0.25) is 19.2 Å². The van der Waals surface area contributed by atoms with E-state index >= 15 is 0 Å². The molecule has 0 radical (unpaired) electrons. The Morgan fingerprint density at radius 1 is 0.865 bits per heavy atom. The van der Waals surface area contributed by atoms with Crippen LogP contribution >= 0.6 is 0 Å². The molecule has 0 aliphatic carbocycles. The van der Waals surface area contributed by atoms with Crippen molar-refractivity contribution < 1.29 is 39.3 Å². The first kappa shape index (κ1) is 31.3. The molecule has 206 valence electrons. The monoisotopic (exact) mass is 523 g/mol. The van der Waals surface area contributed by atoms with Gasteiger partial charge in [0.05, 0.1) is 12.5 Å². The van der Waals surface area contributed by atoms with Crippen molar-refractivity contribution in [3.63, 3.8) is 0 Å². The highest BCUT2D eigenvalue weighted by Crippen LogP contribution is 2.13. The van der Waals surface area contributed by atoms with Gasteiger partial charge in [0, 0.05) is 6.42 Å². The van der Waals surface area contributed by atoms with E-state index in [0.717, 1.165) is 0 Å². The highest BCUT2D eigenvalue weighted by Gasteiger charge is 2.32. The summed E-state index contributed by atoms with van der Waals surface area (Å²) in [7, 11) is 0. The Bertz CT molecular complexity index is 938. The number of benzene rings is 1. The summed E-state index contributed by atoms with van der Waals surface area (Å²) in [6.07, 6.45) is 0.521. The highest BCUT2D eigenvalue weighted by molar-refractivity contribution is 5.95. The fourth-order valence-electron chi connectivity index (χ4n) is 3.44. The number of carbonyl (C=O) groups is 5. The van der Waals surface area contributed by atoms with Crippen LogP contribution in [0.2, 0.25) is 0 Å². The summed E-state index contributed by atoms with van der Waals surface area (Å²) in [5, 5.41) is 35.3. The minimum atomic E-state index is -1.38. The van der Waals surface area contributed by atoms with Gasteiger partial charge in [0.1, 0.15) is 23.9 Å². The molecular weight excluding hydrogens is 486 g/mol. The molecule has 0 heterocycles. The molecule has 3 amide bonds. The third-order valence-electron chi connectivity index (χ3n) is 5.55. The average Bonchev–Trinajstić information content (AvgIpc) is 2.81. The number of carbonyl (C=O) groups excluding carboxylic acids is 3. The van der Waals surface area contributed by atoms with E-state index in [0.29, 0.717) is 24.9 Å². The van der Waals surface area contributed by atoms with Gasteiger partial charge in [0.15, 0.2) is 0 Å².